The van der Waals surface area contributed by atoms with Gasteiger partial charge in [0.05, 0.1) is 19.9 Å². The molecule has 2 heterocycles. The predicted molar refractivity (Wildman–Crippen MR) is 109 cm³/mol. The average molecular weight is 370 g/mol. The number of hydrogen-bond donors (Lipinski definition) is 0. The Labute approximate surface area is 161 Å². The maximum atomic E-state index is 13.1. The number of ether oxygens (including phenoxy) is 1. The normalized spacial score (nSPS) is 14.3. The molecule has 1 aromatic carbocycles. The van der Waals surface area contributed by atoms with E-state index in [1.807, 2.05) is 49.6 Å². The zero-order chi connectivity index (χ0) is 19.4. The Morgan fingerprint density at radius 2 is 1.85 bits per heavy atom. The Hall–Kier alpha value is -2.34. The topological polar surface area (TPSA) is 50.6 Å². The van der Waals surface area contributed by atoms with E-state index in [0.717, 1.165) is 54.7 Å². The van der Waals surface area contributed by atoms with Crippen LogP contribution in [0.4, 0.5) is 11.6 Å². The van der Waals surface area contributed by atoms with Crippen molar-refractivity contribution in [1.29, 1.82) is 0 Å². The second-order valence-electron chi connectivity index (χ2n) is 6.95. The lowest BCUT2D eigenvalue weighted by Gasteiger charge is -2.38. The Bertz CT molecular complexity index is 829. The van der Waals surface area contributed by atoms with Crippen molar-refractivity contribution in [3.05, 3.63) is 45.9 Å². The van der Waals surface area contributed by atoms with E-state index in [1.54, 1.807) is 0 Å². The molecule has 0 fully saturated rings. The van der Waals surface area contributed by atoms with Gasteiger partial charge in [-0.05, 0) is 51.0 Å². The third-order valence-corrected chi connectivity index (χ3v) is 5.01. The van der Waals surface area contributed by atoms with Crippen LogP contribution in [-0.2, 0) is 13.1 Å². The number of rotatable bonds is 7. The number of hydrogen-bond acceptors (Lipinski definition) is 5. The van der Waals surface area contributed by atoms with E-state index in [0.29, 0.717) is 19.7 Å². The number of fused-ring (bicyclic) bond motifs is 1. The van der Waals surface area contributed by atoms with E-state index in [-0.39, 0.29) is 5.56 Å². The summed E-state index contributed by atoms with van der Waals surface area (Å²) < 4.78 is 7.38. The van der Waals surface area contributed by atoms with E-state index in [1.165, 1.54) is 0 Å². The molecule has 6 nitrogen and oxygen atoms in total. The van der Waals surface area contributed by atoms with Gasteiger partial charge in [0.15, 0.2) is 0 Å². The number of aromatic nitrogens is 2. The molecular weight excluding hydrogens is 340 g/mol. The second-order valence-corrected chi connectivity index (χ2v) is 6.95. The summed E-state index contributed by atoms with van der Waals surface area (Å²) in [5.74, 6) is 1.58. The fourth-order valence-corrected chi connectivity index (χ4v) is 3.54. The van der Waals surface area contributed by atoms with Crippen molar-refractivity contribution in [2.75, 3.05) is 24.7 Å². The first-order valence-electron chi connectivity index (χ1n) is 9.92. The number of nitrogens with zero attached hydrogens (tertiary/aromatic N) is 4. The summed E-state index contributed by atoms with van der Waals surface area (Å²) in [6.45, 7) is 11.0. The molecule has 1 aliphatic heterocycles. The molecule has 0 spiro atoms. The first kappa shape index (κ1) is 19.4. The Morgan fingerprint density at radius 1 is 1.11 bits per heavy atom. The van der Waals surface area contributed by atoms with Crippen LogP contribution in [0.2, 0.25) is 0 Å². The molecule has 0 bridgehead atoms. The number of aryl methyl sites for hydroxylation is 1. The Kier molecular flexibility index (Phi) is 6.16. The van der Waals surface area contributed by atoms with E-state index in [9.17, 15) is 4.79 Å². The summed E-state index contributed by atoms with van der Waals surface area (Å²) in [7, 11) is 0. The summed E-state index contributed by atoms with van der Waals surface area (Å²) >= 11 is 0. The van der Waals surface area contributed by atoms with Gasteiger partial charge in [0, 0.05) is 23.5 Å². The van der Waals surface area contributed by atoms with Crippen LogP contribution in [-0.4, -0.2) is 34.3 Å². The molecule has 146 valence electrons. The van der Waals surface area contributed by atoms with Gasteiger partial charge in [0.1, 0.15) is 5.75 Å². The van der Waals surface area contributed by atoms with E-state index >= 15 is 0 Å². The number of anilines is 2. The molecule has 0 atom stereocenters. The van der Waals surface area contributed by atoms with Gasteiger partial charge in [-0.25, -0.2) is 4.98 Å². The zero-order valence-electron chi connectivity index (χ0n) is 16.9. The Balaban J connectivity index is 2.03. The van der Waals surface area contributed by atoms with Gasteiger partial charge >= 0.3 is 0 Å². The van der Waals surface area contributed by atoms with Crippen LogP contribution in [0.15, 0.2) is 29.1 Å². The monoisotopic (exact) mass is 370 g/mol. The first-order valence-corrected chi connectivity index (χ1v) is 9.92. The van der Waals surface area contributed by atoms with E-state index in [2.05, 4.69) is 16.7 Å². The third-order valence-electron chi connectivity index (χ3n) is 5.01. The molecule has 0 saturated heterocycles. The van der Waals surface area contributed by atoms with Crippen LogP contribution in [0.3, 0.4) is 0 Å². The maximum Gasteiger partial charge on any atom is 0.259 e. The summed E-state index contributed by atoms with van der Waals surface area (Å²) in [6, 6.07) is 8.01. The van der Waals surface area contributed by atoms with Crippen molar-refractivity contribution < 1.29 is 4.74 Å². The molecule has 0 radical (unpaired) electrons. The quantitative estimate of drug-likeness (QED) is 0.744. The molecule has 27 heavy (non-hydrogen) atoms. The largest absolute Gasteiger partial charge is 0.494 e. The maximum absolute atomic E-state index is 13.1. The highest BCUT2D eigenvalue weighted by Crippen LogP contribution is 2.29. The highest BCUT2D eigenvalue weighted by atomic mass is 16.5. The lowest BCUT2D eigenvalue weighted by atomic mass is 10.2. The van der Waals surface area contributed by atoms with Crippen LogP contribution in [0.5, 0.6) is 5.75 Å². The van der Waals surface area contributed by atoms with E-state index in [4.69, 9.17) is 9.72 Å². The highest BCUT2D eigenvalue weighted by molar-refractivity contribution is 5.59. The summed E-state index contributed by atoms with van der Waals surface area (Å²) in [4.78, 5) is 22.3. The number of benzene rings is 1. The van der Waals surface area contributed by atoms with Crippen LogP contribution in [0.1, 0.15) is 44.9 Å². The number of unbranched alkanes of at least 4 members (excludes halogenated alkanes) is 1. The summed E-state index contributed by atoms with van der Waals surface area (Å²) in [5, 5.41) is 0. The van der Waals surface area contributed by atoms with Gasteiger partial charge in [0.2, 0.25) is 5.95 Å². The second kappa shape index (κ2) is 8.57. The summed E-state index contributed by atoms with van der Waals surface area (Å²) in [5.41, 5.74) is 2.73. The third kappa shape index (κ3) is 4.00. The molecule has 0 saturated carbocycles. The molecule has 0 N–H and O–H groups in total. The van der Waals surface area contributed by atoms with Gasteiger partial charge < -0.3 is 4.74 Å². The minimum absolute atomic E-state index is 0.0807. The van der Waals surface area contributed by atoms with Crippen LogP contribution >= 0.6 is 0 Å². The van der Waals surface area contributed by atoms with Crippen LogP contribution in [0.25, 0.3) is 0 Å². The molecule has 0 unspecified atom stereocenters. The van der Waals surface area contributed by atoms with Crippen molar-refractivity contribution in [3.63, 3.8) is 0 Å². The van der Waals surface area contributed by atoms with Crippen molar-refractivity contribution in [1.82, 2.24) is 14.5 Å². The van der Waals surface area contributed by atoms with Gasteiger partial charge in [-0.1, -0.05) is 20.3 Å². The van der Waals surface area contributed by atoms with Crippen LogP contribution in [0, 0.1) is 6.92 Å². The minimum atomic E-state index is 0.0807. The molecule has 1 aromatic heterocycles. The van der Waals surface area contributed by atoms with Crippen molar-refractivity contribution in [3.8, 4) is 5.75 Å². The zero-order valence-corrected chi connectivity index (χ0v) is 16.9. The fourth-order valence-electron chi connectivity index (χ4n) is 3.54. The SMILES string of the molecule is CCCCN1CN(c2ccc(OCC)cc2)c2nc(C)c(CC)c(=O)n2C1. The standard InChI is InChI=1S/C21H30N4O2/c1-5-8-13-23-14-24(17-9-11-18(12-10-17)27-7-3)21-22-16(4)19(6-2)20(26)25(21)15-23/h9-12H,5-8,13-15H2,1-4H3. The molecule has 6 heteroatoms. The summed E-state index contributed by atoms with van der Waals surface area (Å²) in [6.07, 6.45) is 2.95. The molecule has 1 aliphatic rings. The average Bonchev–Trinajstić information content (AvgIpc) is 2.67. The van der Waals surface area contributed by atoms with E-state index < -0.39 is 0 Å². The molecule has 3 rings (SSSR count). The van der Waals surface area contributed by atoms with Gasteiger partial charge in [0.25, 0.3) is 5.56 Å². The van der Waals surface area contributed by atoms with Crippen molar-refractivity contribution >= 4 is 11.6 Å². The highest BCUT2D eigenvalue weighted by Gasteiger charge is 2.27. The molecule has 2 aromatic rings. The fraction of sp³-hybridized carbons (Fsp3) is 0.524. The molecule has 0 amide bonds. The first-order chi connectivity index (χ1) is 13.1. The van der Waals surface area contributed by atoms with Crippen LogP contribution < -0.4 is 15.2 Å². The van der Waals surface area contributed by atoms with Crippen molar-refractivity contribution in [2.45, 2.75) is 53.6 Å². The molecule has 0 aliphatic carbocycles. The lowest BCUT2D eigenvalue weighted by molar-refractivity contribution is 0.195. The van der Waals surface area contributed by atoms with Gasteiger partial charge in [-0.2, -0.15) is 0 Å². The lowest BCUT2D eigenvalue weighted by Crippen LogP contribution is -2.48. The minimum Gasteiger partial charge on any atom is -0.494 e. The smallest absolute Gasteiger partial charge is 0.259 e. The van der Waals surface area contributed by atoms with Gasteiger partial charge in [-0.3, -0.25) is 19.2 Å². The van der Waals surface area contributed by atoms with Crippen molar-refractivity contribution in [2.24, 2.45) is 0 Å². The van der Waals surface area contributed by atoms with Gasteiger partial charge in [-0.15, -0.1) is 0 Å². The predicted octanol–water partition coefficient (Wildman–Crippen LogP) is 3.68. The Morgan fingerprint density at radius 3 is 2.48 bits per heavy atom. The molecular formula is C21H30N4O2.